The van der Waals surface area contributed by atoms with Crippen molar-refractivity contribution in [3.05, 3.63) is 6.92 Å². The van der Waals surface area contributed by atoms with E-state index in [1.165, 1.54) is 0 Å². The fourth-order valence-corrected chi connectivity index (χ4v) is 0.294. The molecule has 0 fully saturated rings. The van der Waals surface area contributed by atoms with Crippen LogP contribution < -0.4 is 0 Å². The molecule has 0 saturated heterocycles. The van der Waals surface area contributed by atoms with Gasteiger partial charge in [0.2, 0.25) is 0 Å². The van der Waals surface area contributed by atoms with Crippen LogP contribution in [0.4, 0.5) is 0 Å². The average Bonchev–Trinajstić information content (AvgIpc) is 1.91. The number of carbonyl (C=O) groups is 2. The van der Waals surface area contributed by atoms with Gasteiger partial charge in [0.15, 0.2) is 0 Å². The summed E-state index contributed by atoms with van der Waals surface area (Å²) in [6.07, 6.45) is -0.0250. The number of hydrogen-bond acceptors (Lipinski definition) is 2. The first-order valence-corrected chi connectivity index (χ1v) is 3.11. The molecule has 3 nitrogen and oxygen atoms in total. The van der Waals surface area contributed by atoms with Crippen LogP contribution in [0.5, 0.6) is 0 Å². The largest absolute Gasteiger partial charge is 0.481 e. The number of Topliss-reactive ketones (excluding diaryl/α,β-unsaturated/α-hetero) is 1. The van der Waals surface area contributed by atoms with Crippen molar-refractivity contribution in [2.24, 2.45) is 0 Å². The van der Waals surface area contributed by atoms with E-state index < -0.39 is 5.97 Å². The molecule has 0 radical (unpaired) electrons. The zero-order valence-corrected chi connectivity index (χ0v) is 9.34. The molecule has 0 aromatic rings. The van der Waals surface area contributed by atoms with Crippen LogP contribution in [0.15, 0.2) is 0 Å². The van der Waals surface area contributed by atoms with Crippen LogP contribution in [0.2, 0.25) is 0 Å². The van der Waals surface area contributed by atoms with Crippen LogP contribution in [0.1, 0.15) is 26.7 Å². The van der Waals surface area contributed by atoms with Gasteiger partial charge in [0.05, 0.1) is 0 Å². The number of carbonyl (C=O) groups excluding carboxylic acids is 1. The summed E-state index contributed by atoms with van der Waals surface area (Å²) in [5.41, 5.74) is 0. The summed E-state index contributed by atoms with van der Waals surface area (Å²) in [7, 11) is 0. The van der Waals surface area contributed by atoms with Gasteiger partial charge < -0.3 is 12.0 Å². The maximum absolute atomic E-state index is 10.2. The van der Waals surface area contributed by atoms with Gasteiger partial charge in [-0.3, -0.25) is 9.59 Å². The van der Waals surface area contributed by atoms with Crippen molar-refractivity contribution in [3.8, 4) is 0 Å². The summed E-state index contributed by atoms with van der Waals surface area (Å²) >= 11 is 0. The first-order chi connectivity index (χ1) is 4.66. The molecule has 0 unspecified atom stereocenters. The third kappa shape index (κ3) is 17.8. The molecule has 0 saturated carbocycles. The molecule has 0 aliphatic rings. The van der Waals surface area contributed by atoms with Gasteiger partial charge in [-0.25, -0.2) is 0 Å². The minimum atomic E-state index is -1.04. The van der Waals surface area contributed by atoms with Crippen molar-refractivity contribution < 1.29 is 40.9 Å². The summed E-state index contributed by atoms with van der Waals surface area (Å²) < 4.78 is 0. The molecule has 0 aliphatic carbocycles. The Morgan fingerprint density at radius 3 is 1.82 bits per heavy atom. The van der Waals surface area contributed by atoms with E-state index in [0.29, 0.717) is 6.42 Å². The van der Waals surface area contributed by atoms with E-state index in [-0.39, 0.29) is 38.4 Å². The Bertz CT molecular complexity index is 112. The van der Waals surface area contributed by atoms with E-state index in [1.54, 1.807) is 13.8 Å². The second-order valence-corrected chi connectivity index (χ2v) is 1.46. The molecule has 0 atom stereocenters. The minimum absolute atomic E-state index is 0. The summed E-state index contributed by atoms with van der Waals surface area (Å²) in [6.45, 7) is 6.64. The molecule has 0 heterocycles. The summed E-state index contributed by atoms with van der Waals surface area (Å²) in [5.74, 6) is -1.27. The molecule has 0 aliphatic heterocycles. The van der Waals surface area contributed by atoms with Crippen molar-refractivity contribution in [1.82, 2.24) is 0 Å². The van der Waals surface area contributed by atoms with E-state index >= 15 is 0 Å². The summed E-state index contributed by atoms with van der Waals surface area (Å²) in [4.78, 5) is 20.0. The Morgan fingerprint density at radius 2 is 1.73 bits per heavy atom. The van der Waals surface area contributed by atoms with Crippen LogP contribution in [0, 0.1) is 6.92 Å². The number of aliphatic carboxylic acids is 1. The number of hydrogen-bond donors (Lipinski definition) is 1. The van der Waals surface area contributed by atoms with E-state index in [2.05, 4.69) is 6.92 Å². The Hall–Kier alpha value is 0.0231. The fraction of sp³-hybridized carbons (Fsp3) is 0.571. The molecule has 0 bridgehead atoms. The first kappa shape index (κ1) is 17.2. The second-order valence-electron chi connectivity index (χ2n) is 1.46. The third-order valence-electron chi connectivity index (χ3n) is 0.743. The maximum atomic E-state index is 10.2. The van der Waals surface area contributed by atoms with Crippen molar-refractivity contribution >= 4 is 11.8 Å². The van der Waals surface area contributed by atoms with Gasteiger partial charge in [-0.05, 0) is 0 Å². The summed E-state index contributed by atoms with van der Waals surface area (Å²) in [6, 6.07) is 0. The third-order valence-corrected chi connectivity index (χ3v) is 0.743. The Kier molecular flexibility index (Phi) is 19.8. The quantitative estimate of drug-likeness (QED) is 0.593. The van der Waals surface area contributed by atoms with Gasteiger partial charge >= 0.3 is 5.97 Å². The second kappa shape index (κ2) is 12.7. The average molecular weight is 236 g/mol. The molecule has 0 aromatic carbocycles. The molecule has 1 N–H and O–H groups in total. The van der Waals surface area contributed by atoms with Crippen LogP contribution >= 0.6 is 0 Å². The fourth-order valence-electron chi connectivity index (χ4n) is 0.294. The zero-order chi connectivity index (χ0) is 8.57. The van der Waals surface area contributed by atoms with Gasteiger partial charge in [0.1, 0.15) is 12.2 Å². The Labute approximate surface area is 86.3 Å². The predicted octanol–water partition coefficient (Wildman–Crippen LogP) is 1.28. The molecule has 0 amide bonds. The Morgan fingerprint density at radius 1 is 1.36 bits per heavy atom. The Balaban J connectivity index is -0.000000196. The molecule has 64 valence electrons. The van der Waals surface area contributed by atoms with Crippen LogP contribution in [-0.4, -0.2) is 16.9 Å². The zero-order valence-electron chi connectivity index (χ0n) is 6.89. The number of carboxylic acid groups (broad SMARTS) is 1. The predicted molar refractivity (Wildman–Crippen MR) is 38.6 cm³/mol. The molecular weight excluding hydrogens is 223 g/mol. The maximum Gasteiger partial charge on any atom is 0.310 e. The molecule has 0 spiro atoms. The van der Waals surface area contributed by atoms with Crippen LogP contribution in [0.25, 0.3) is 0 Å². The van der Waals surface area contributed by atoms with E-state index in [9.17, 15) is 9.59 Å². The van der Waals surface area contributed by atoms with Crippen molar-refractivity contribution in [2.75, 3.05) is 0 Å². The first-order valence-electron chi connectivity index (χ1n) is 3.11. The van der Waals surface area contributed by atoms with Gasteiger partial charge in [-0.1, -0.05) is 6.92 Å². The van der Waals surface area contributed by atoms with Gasteiger partial charge in [0, 0.05) is 32.6 Å². The minimum Gasteiger partial charge on any atom is -0.481 e. The van der Waals surface area contributed by atoms with Gasteiger partial charge in [-0.15, -0.1) is 0 Å². The van der Waals surface area contributed by atoms with Crippen molar-refractivity contribution in [1.29, 1.82) is 0 Å². The monoisotopic (exact) mass is 235 g/mol. The van der Waals surface area contributed by atoms with E-state index in [0.717, 1.165) is 0 Å². The van der Waals surface area contributed by atoms with Gasteiger partial charge in [0.25, 0.3) is 0 Å². The van der Waals surface area contributed by atoms with Gasteiger partial charge in [-0.2, -0.15) is 6.92 Å². The normalized spacial score (nSPS) is 6.82. The molecule has 11 heavy (non-hydrogen) atoms. The van der Waals surface area contributed by atoms with E-state index in [4.69, 9.17) is 5.11 Å². The number of carboxylic acids is 1. The molecule has 4 heteroatoms. The van der Waals surface area contributed by atoms with Crippen LogP contribution in [0.3, 0.4) is 0 Å². The van der Waals surface area contributed by atoms with E-state index in [1.807, 2.05) is 0 Å². The standard InChI is InChI=1S/C5H8O3.C2H5.Zr/c1-2-4(6)3-5(7)8;1-2;/h2-3H2,1H3,(H,7,8);1H2,2H3;/q;-1;. The van der Waals surface area contributed by atoms with Crippen LogP contribution in [-0.2, 0) is 35.8 Å². The number of rotatable bonds is 3. The summed E-state index contributed by atoms with van der Waals surface area (Å²) in [5, 5.41) is 7.99. The molecule has 0 rings (SSSR count). The van der Waals surface area contributed by atoms with Crippen molar-refractivity contribution in [3.63, 3.8) is 0 Å². The number of ketones is 1. The molecule has 0 aromatic heterocycles. The molecular formula is C7H13O3Zr-. The topological polar surface area (TPSA) is 54.4 Å². The van der Waals surface area contributed by atoms with Crippen molar-refractivity contribution in [2.45, 2.75) is 26.7 Å². The smallest absolute Gasteiger partial charge is 0.310 e. The SMILES string of the molecule is CCC(=O)CC(=O)O.[CH2-]C.[Zr].